The zero-order chi connectivity index (χ0) is 32.2. The number of fused-ring (bicyclic) bond motifs is 4. The maximum absolute atomic E-state index is 12.8. The fraction of sp³-hybridized carbons (Fsp3) is 0.622. The van der Waals surface area contributed by atoms with E-state index in [0.29, 0.717) is 29.6 Å². The van der Waals surface area contributed by atoms with Gasteiger partial charge in [-0.15, -0.1) is 0 Å². The highest BCUT2D eigenvalue weighted by Crippen LogP contribution is 2.51. The molecule has 3 aromatic rings. The van der Waals surface area contributed by atoms with Crippen LogP contribution in [0.3, 0.4) is 0 Å². The van der Waals surface area contributed by atoms with Gasteiger partial charge in [0, 0.05) is 67.4 Å². The summed E-state index contributed by atoms with van der Waals surface area (Å²) in [5.74, 6) is 2.98. The number of aromatic nitrogens is 4. The zero-order valence-electron chi connectivity index (χ0n) is 28.0. The van der Waals surface area contributed by atoms with Gasteiger partial charge in [0.2, 0.25) is 0 Å². The molecular formula is C37H49FN8. The average Bonchev–Trinajstić information content (AvgIpc) is 3.65. The summed E-state index contributed by atoms with van der Waals surface area (Å²) in [7, 11) is 1.97. The molecule has 244 valence electrons. The Morgan fingerprint density at radius 2 is 1.96 bits per heavy atom. The summed E-state index contributed by atoms with van der Waals surface area (Å²) in [4.78, 5) is 14.9. The fourth-order valence-corrected chi connectivity index (χ4v) is 9.27. The maximum Gasteiger partial charge on any atom is 0.135 e. The third kappa shape index (κ3) is 5.36. The number of anilines is 2. The topological polar surface area (TPSA) is 99.9 Å². The third-order valence-electron chi connectivity index (χ3n) is 11.9. The molecule has 8 rings (SSSR count). The van der Waals surface area contributed by atoms with Gasteiger partial charge in [-0.05, 0) is 93.5 Å². The number of rotatable bonds is 3. The fourth-order valence-electron chi connectivity index (χ4n) is 9.27. The van der Waals surface area contributed by atoms with E-state index in [-0.39, 0.29) is 11.0 Å². The van der Waals surface area contributed by atoms with Gasteiger partial charge in [0.1, 0.15) is 23.9 Å². The summed E-state index contributed by atoms with van der Waals surface area (Å²) in [5, 5.41) is 14.5. The van der Waals surface area contributed by atoms with Crippen LogP contribution in [0.1, 0.15) is 117 Å². The summed E-state index contributed by atoms with van der Waals surface area (Å²) in [6.45, 7) is 10.4. The molecule has 46 heavy (non-hydrogen) atoms. The molecule has 0 radical (unpaired) electrons. The van der Waals surface area contributed by atoms with Crippen LogP contribution in [0.5, 0.6) is 0 Å². The van der Waals surface area contributed by atoms with Gasteiger partial charge < -0.3 is 10.6 Å². The van der Waals surface area contributed by atoms with Crippen molar-refractivity contribution in [3.05, 3.63) is 63.9 Å². The summed E-state index contributed by atoms with van der Waals surface area (Å²) in [5.41, 5.74) is 14.1. The van der Waals surface area contributed by atoms with E-state index >= 15 is 0 Å². The van der Waals surface area contributed by atoms with Crippen molar-refractivity contribution >= 4 is 11.5 Å². The number of aryl methyl sites for hydroxylation is 2. The number of hydrogen-bond acceptors (Lipinski definition) is 7. The molecule has 0 amide bonds. The van der Waals surface area contributed by atoms with E-state index in [4.69, 9.17) is 15.7 Å². The SMILES string of the molecule is CC12CCCN1CC(F)C2.CCc1nc2c(c(N3CC(c4cnn(C)c4)C3)n1)CCC1(CCCC(C)c3ccc(N)c(C#N)c31)C2. The van der Waals surface area contributed by atoms with Crippen LogP contribution in [0.15, 0.2) is 24.5 Å². The molecule has 5 heterocycles. The molecule has 3 fully saturated rings. The van der Waals surface area contributed by atoms with Crippen LogP contribution >= 0.6 is 0 Å². The van der Waals surface area contributed by atoms with Crippen LogP contribution in [0.2, 0.25) is 0 Å². The lowest BCUT2D eigenvalue weighted by Crippen LogP contribution is -2.47. The van der Waals surface area contributed by atoms with E-state index in [1.54, 1.807) is 0 Å². The zero-order valence-corrected chi connectivity index (χ0v) is 28.0. The van der Waals surface area contributed by atoms with Crippen LogP contribution in [0.4, 0.5) is 15.9 Å². The van der Waals surface area contributed by atoms with Crippen molar-refractivity contribution in [3.63, 3.8) is 0 Å². The smallest absolute Gasteiger partial charge is 0.135 e. The predicted molar refractivity (Wildman–Crippen MR) is 180 cm³/mol. The van der Waals surface area contributed by atoms with Gasteiger partial charge >= 0.3 is 0 Å². The van der Waals surface area contributed by atoms with Crippen molar-refractivity contribution in [3.8, 4) is 6.07 Å². The highest BCUT2D eigenvalue weighted by atomic mass is 19.1. The van der Waals surface area contributed by atoms with E-state index in [1.165, 1.54) is 40.8 Å². The number of benzene rings is 1. The number of nitriles is 1. The normalized spacial score (nSPS) is 28.8. The minimum Gasteiger partial charge on any atom is -0.398 e. The monoisotopic (exact) mass is 624 g/mol. The lowest BCUT2D eigenvalue weighted by Gasteiger charge is -2.44. The second-order valence-corrected chi connectivity index (χ2v) is 15.0. The number of nitrogen functional groups attached to an aromatic ring is 1. The molecule has 9 heteroatoms. The Kier molecular flexibility index (Phi) is 8.07. The first-order valence-electron chi connectivity index (χ1n) is 17.5. The van der Waals surface area contributed by atoms with E-state index in [1.807, 2.05) is 24.0 Å². The number of hydrogen-bond donors (Lipinski definition) is 1. The Morgan fingerprint density at radius 1 is 1.13 bits per heavy atom. The molecule has 2 aliphatic carbocycles. The average molecular weight is 625 g/mol. The third-order valence-corrected chi connectivity index (χ3v) is 11.9. The summed E-state index contributed by atoms with van der Waals surface area (Å²) >= 11 is 0. The molecule has 2 N–H and O–H groups in total. The van der Waals surface area contributed by atoms with Gasteiger partial charge in [0.05, 0.1) is 17.5 Å². The number of alkyl halides is 1. The van der Waals surface area contributed by atoms with Gasteiger partial charge in [-0.2, -0.15) is 10.4 Å². The van der Waals surface area contributed by atoms with Gasteiger partial charge in [-0.1, -0.05) is 26.3 Å². The maximum atomic E-state index is 12.8. The highest BCUT2D eigenvalue weighted by molar-refractivity contribution is 5.64. The van der Waals surface area contributed by atoms with Crippen molar-refractivity contribution in [2.45, 2.75) is 114 Å². The van der Waals surface area contributed by atoms with Crippen LogP contribution in [-0.4, -0.2) is 62.5 Å². The van der Waals surface area contributed by atoms with Gasteiger partial charge in [0.25, 0.3) is 0 Å². The first-order chi connectivity index (χ1) is 22.1. The van der Waals surface area contributed by atoms with E-state index < -0.39 is 6.17 Å². The van der Waals surface area contributed by atoms with Gasteiger partial charge in [-0.3, -0.25) is 9.58 Å². The van der Waals surface area contributed by atoms with Crippen molar-refractivity contribution < 1.29 is 4.39 Å². The van der Waals surface area contributed by atoms with E-state index in [0.717, 1.165) is 82.6 Å². The Morgan fingerprint density at radius 3 is 2.67 bits per heavy atom. The lowest BCUT2D eigenvalue weighted by molar-refractivity contribution is 0.217. The van der Waals surface area contributed by atoms with E-state index in [9.17, 15) is 9.65 Å². The second-order valence-electron chi connectivity index (χ2n) is 15.0. The minimum absolute atomic E-state index is 0.0860. The van der Waals surface area contributed by atoms with Crippen molar-refractivity contribution in [1.82, 2.24) is 24.6 Å². The quantitative estimate of drug-likeness (QED) is 0.350. The van der Waals surface area contributed by atoms with Crippen molar-refractivity contribution in [2.24, 2.45) is 7.05 Å². The molecule has 3 saturated heterocycles. The standard InChI is InChI=1S/C29H35N7.C8H14FN/c1-4-26-33-25-12-29(10-5-6-18(2)21-7-8-24(31)23(13-30)27(21)29)11-9-22(25)28(34-26)36-16-20(17-36)19-14-32-35(3)15-19;1-8-3-2-4-10(8)6-7(9)5-8/h7-8,14-15,18,20H,4-6,9-12,16-17,31H2,1-3H3;7H,2-6H2,1H3. The van der Waals surface area contributed by atoms with Crippen LogP contribution in [-0.2, 0) is 31.7 Å². The molecule has 0 bridgehead atoms. The molecule has 1 spiro atoms. The van der Waals surface area contributed by atoms with Crippen LogP contribution < -0.4 is 10.6 Å². The van der Waals surface area contributed by atoms with Gasteiger partial charge in [0.15, 0.2) is 0 Å². The van der Waals surface area contributed by atoms with Crippen molar-refractivity contribution in [1.29, 1.82) is 5.26 Å². The summed E-state index contributed by atoms with van der Waals surface area (Å²) < 4.78 is 14.7. The van der Waals surface area contributed by atoms with Gasteiger partial charge in [-0.25, -0.2) is 14.4 Å². The highest BCUT2D eigenvalue weighted by Gasteiger charge is 2.45. The minimum atomic E-state index is -0.551. The molecule has 1 aromatic carbocycles. The van der Waals surface area contributed by atoms with Crippen LogP contribution in [0.25, 0.3) is 0 Å². The second kappa shape index (κ2) is 11.9. The molecule has 8 nitrogen and oxygen atoms in total. The molecule has 2 aromatic heterocycles. The Hall–Kier alpha value is -3.51. The largest absolute Gasteiger partial charge is 0.398 e. The predicted octanol–water partition coefficient (Wildman–Crippen LogP) is 6.13. The molecular weight excluding hydrogens is 575 g/mol. The van der Waals surface area contributed by atoms with Crippen molar-refractivity contribution in [2.75, 3.05) is 36.8 Å². The number of nitrogens with zero attached hydrogens (tertiary/aromatic N) is 7. The lowest BCUT2D eigenvalue weighted by atomic mass is 9.64. The first kappa shape index (κ1) is 31.1. The molecule has 5 aliphatic rings. The Bertz CT molecular complexity index is 1650. The molecule has 3 aliphatic heterocycles. The molecule has 4 unspecified atom stereocenters. The number of nitrogens with two attached hydrogens (primary N) is 1. The Labute approximate surface area is 273 Å². The van der Waals surface area contributed by atoms with Crippen LogP contribution in [0, 0.1) is 11.3 Å². The summed E-state index contributed by atoms with van der Waals surface area (Å²) in [6.07, 6.45) is 13.8. The summed E-state index contributed by atoms with van der Waals surface area (Å²) in [6, 6.07) is 6.60. The Balaban J connectivity index is 0.000000286. The van der Waals surface area contributed by atoms with E-state index in [2.05, 4.69) is 54.0 Å². The molecule has 4 atom stereocenters. The molecule has 0 saturated carbocycles. The number of halogens is 1. The first-order valence-corrected chi connectivity index (χ1v) is 17.5.